The lowest BCUT2D eigenvalue weighted by Gasteiger charge is -2.22. The zero-order valence-electron chi connectivity index (χ0n) is 15.6. The van der Waals surface area contributed by atoms with Crippen LogP contribution in [0.4, 0.5) is 13.2 Å². The van der Waals surface area contributed by atoms with E-state index in [4.69, 9.17) is 4.52 Å². The van der Waals surface area contributed by atoms with E-state index in [-0.39, 0.29) is 18.9 Å². The van der Waals surface area contributed by atoms with Crippen LogP contribution < -0.4 is 0 Å². The summed E-state index contributed by atoms with van der Waals surface area (Å²) < 4.78 is 44.4. The third-order valence-corrected chi connectivity index (χ3v) is 5.05. The Hall–Kier alpha value is -3.16. The van der Waals surface area contributed by atoms with E-state index in [2.05, 4.69) is 10.1 Å². The normalized spacial score (nSPS) is 17.2. The molecule has 1 fully saturated rings. The highest BCUT2D eigenvalue weighted by Gasteiger charge is 2.37. The summed E-state index contributed by atoms with van der Waals surface area (Å²) in [6, 6.07) is 12.1. The maximum atomic E-state index is 13.0. The van der Waals surface area contributed by atoms with Crippen LogP contribution in [-0.4, -0.2) is 20.9 Å². The summed E-state index contributed by atoms with van der Waals surface area (Å²) in [5, 5.41) is 4.03. The van der Waals surface area contributed by atoms with Crippen LogP contribution in [0.2, 0.25) is 0 Å². The zero-order valence-corrected chi connectivity index (χ0v) is 15.6. The molecule has 0 spiro atoms. The first-order chi connectivity index (χ1) is 13.8. The van der Waals surface area contributed by atoms with Crippen molar-refractivity contribution in [1.82, 2.24) is 15.0 Å². The Morgan fingerprint density at radius 1 is 1.17 bits per heavy atom. The maximum Gasteiger partial charge on any atom is 0.416 e. The topological polar surface area (TPSA) is 59.2 Å². The molecule has 1 atom stereocenters. The van der Waals surface area contributed by atoms with E-state index >= 15 is 0 Å². The van der Waals surface area contributed by atoms with E-state index in [0.717, 1.165) is 23.3 Å². The van der Waals surface area contributed by atoms with Crippen molar-refractivity contribution in [3.8, 4) is 11.4 Å². The first kappa shape index (κ1) is 19.2. The lowest BCUT2D eigenvalue weighted by atomic mass is 10.1. The molecule has 2 heterocycles. The van der Waals surface area contributed by atoms with Crippen molar-refractivity contribution in [2.24, 2.45) is 0 Å². The highest BCUT2D eigenvalue weighted by Crippen LogP contribution is 2.35. The molecule has 150 valence electrons. The molecule has 2 aromatic carbocycles. The summed E-state index contributed by atoms with van der Waals surface area (Å²) in [7, 11) is 0. The number of amides is 1. The molecule has 0 aliphatic carbocycles. The van der Waals surface area contributed by atoms with E-state index in [0.29, 0.717) is 23.7 Å². The second-order valence-corrected chi connectivity index (χ2v) is 7.05. The van der Waals surface area contributed by atoms with Gasteiger partial charge in [-0.2, -0.15) is 18.2 Å². The first-order valence-electron chi connectivity index (χ1n) is 9.18. The quantitative estimate of drug-likeness (QED) is 0.622. The molecule has 1 aromatic heterocycles. The Balaban J connectivity index is 1.59. The summed E-state index contributed by atoms with van der Waals surface area (Å²) in [5.41, 5.74) is 1.48. The van der Waals surface area contributed by atoms with E-state index < -0.39 is 17.8 Å². The van der Waals surface area contributed by atoms with Gasteiger partial charge >= 0.3 is 6.18 Å². The van der Waals surface area contributed by atoms with Gasteiger partial charge in [0, 0.05) is 18.5 Å². The van der Waals surface area contributed by atoms with Crippen molar-refractivity contribution in [2.75, 3.05) is 0 Å². The molecule has 3 aromatic rings. The van der Waals surface area contributed by atoms with Crippen LogP contribution in [0.25, 0.3) is 11.4 Å². The molecule has 1 amide bonds. The van der Waals surface area contributed by atoms with E-state index in [1.165, 1.54) is 11.0 Å². The average molecular weight is 401 g/mol. The Bertz CT molecular complexity index is 1050. The van der Waals surface area contributed by atoms with Gasteiger partial charge in [0.2, 0.25) is 17.6 Å². The van der Waals surface area contributed by atoms with E-state index in [1.807, 2.05) is 31.2 Å². The number of carbonyl (C=O) groups is 1. The minimum atomic E-state index is -4.43. The molecule has 1 saturated heterocycles. The fourth-order valence-electron chi connectivity index (χ4n) is 3.54. The largest absolute Gasteiger partial charge is 0.416 e. The van der Waals surface area contributed by atoms with Crippen molar-refractivity contribution in [2.45, 2.75) is 38.5 Å². The number of nitrogens with zero attached hydrogens (tertiary/aromatic N) is 3. The molecule has 1 aliphatic heterocycles. The van der Waals surface area contributed by atoms with Crippen LogP contribution in [0, 0.1) is 6.92 Å². The summed E-state index contributed by atoms with van der Waals surface area (Å²) in [6.45, 7) is 1.99. The zero-order chi connectivity index (χ0) is 20.6. The van der Waals surface area contributed by atoms with Crippen molar-refractivity contribution in [1.29, 1.82) is 0 Å². The molecule has 5 nitrogen and oxygen atoms in total. The van der Waals surface area contributed by atoms with Gasteiger partial charge in [-0.3, -0.25) is 4.79 Å². The first-order valence-corrected chi connectivity index (χ1v) is 9.18. The average Bonchev–Trinajstić information content (AvgIpc) is 3.29. The number of rotatable bonds is 4. The highest BCUT2D eigenvalue weighted by atomic mass is 19.4. The third kappa shape index (κ3) is 3.87. The monoisotopic (exact) mass is 401 g/mol. The number of alkyl halides is 3. The van der Waals surface area contributed by atoms with Crippen molar-refractivity contribution >= 4 is 5.91 Å². The number of hydrogen-bond acceptors (Lipinski definition) is 4. The Morgan fingerprint density at radius 2 is 1.97 bits per heavy atom. The van der Waals surface area contributed by atoms with Gasteiger partial charge in [-0.25, -0.2) is 0 Å². The molecule has 0 saturated carbocycles. The number of aromatic nitrogens is 2. The van der Waals surface area contributed by atoms with Crippen LogP contribution in [-0.2, 0) is 17.5 Å². The molecule has 0 radical (unpaired) electrons. The van der Waals surface area contributed by atoms with Gasteiger partial charge in [0.1, 0.15) is 6.04 Å². The molecule has 29 heavy (non-hydrogen) atoms. The van der Waals surface area contributed by atoms with Crippen LogP contribution in [0.3, 0.4) is 0 Å². The van der Waals surface area contributed by atoms with Crippen LogP contribution in [0.15, 0.2) is 53.1 Å². The number of carbonyl (C=O) groups excluding carboxylic acids is 1. The van der Waals surface area contributed by atoms with Gasteiger partial charge in [0.15, 0.2) is 0 Å². The number of likely N-dealkylation sites (tertiary alicyclic amines) is 1. The van der Waals surface area contributed by atoms with Gasteiger partial charge in [-0.15, -0.1) is 0 Å². The predicted molar refractivity (Wildman–Crippen MR) is 98.4 cm³/mol. The Labute approximate surface area is 165 Å². The Morgan fingerprint density at radius 3 is 2.72 bits per heavy atom. The predicted octanol–water partition coefficient (Wildman–Crippen LogP) is 4.93. The lowest BCUT2D eigenvalue weighted by molar-refractivity contribution is -0.137. The molecular weight excluding hydrogens is 383 g/mol. The van der Waals surface area contributed by atoms with Gasteiger partial charge in [0.25, 0.3) is 0 Å². The number of halogens is 3. The Kier molecular flexibility index (Phi) is 4.86. The standard InChI is InChI=1S/C21H18F3N3O2/c1-13-5-2-3-8-16(13)19-25-20(29-26-19)17-9-10-18(28)27(17)12-14-6-4-7-15(11-14)21(22,23)24/h2-8,11,17H,9-10,12H2,1H3. The molecule has 8 heteroatoms. The molecule has 0 N–H and O–H groups in total. The minimum Gasteiger partial charge on any atom is -0.337 e. The SMILES string of the molecule is Cc1ccccc1-c1noc(C2CCC(=O)N2Cc2cccc(C(F)(F)F)c2)n1. The minimum absolute atomic E-state index is 0.0511. The van der Waals surface area contributed by atoms with E-state index in [1.54, 1.807) is 6.07 Å². The fourth-order valence-corrected chi connectivity index (χ4v) is 3.54. The third-order valence-electron chi connectivity index (χ3n) is 5.05. The van der Waals surface area contributed by atoms with Crippen molar-refractivity contribution < 1.29 is 22.5 Å². The lowest BCUT2D eigenvalue weighted by Crippen LogP contribution is -2.27. The molecular formula is C21H18F3N3O2. The summed E-state index contributed by atoms with van der Waals surface area (Å²) >= 11 is 0. The van der Waals surface area contributed by atoms with Gasteiger partial charge < -0.3 is 9.42 Å². The summed E-state index contributed by atoms with van der Waals surface area (Å²) in [4.78, 5) is 18.3. The summed E-state index contributed by atoms with van der Waals surface area (Å²) in [6.07, 6.45) is -3.67. The molecule has 0 bridgehead atoms. The second-order valence-electron chi connectivity index (χ2n) is 7.05. The van der Waals surface area contributed by atoms with Crippen LogP contribution >= 0.6 is 0 Å². The van der Waals surface area contributed by atoms with Gasteiger partial charge in [-0.05, 0) is 36.6 Å². The van der Waals surface area contributed by atoms with Gasteiger partial charge in [0.05, 0.1) is 5.56 Å². The number of aryl methyl sites for hydroxylation is 1. The number of hydrogen-bond donors (Lipinski definition) is 0. The molecule has 4 rings (SSSR count). The highest BCUT2D eigenvalue weighted by molar-refractivity contribution is 5.79. The molecule has 1 aliphatic rings. The second kappa shape index (κ2) is 7.35. The van der Waals surface area contributed by atoms with Gasteiger partial charge in [-0.1, -0.05) is 41.6 Å². The molecule has 1 unspecified atom stereocenters. The van der Waals surface area contributed by atoms with Crippen molar-refractivity contribution in [3.63, 3.8) is 0 Å². The fraction of sp³-hybridized carbons (Fsp3) is 0.286. The smallest absolute Gasteiger partial charge is 0.337 e. The summed E-state index contributed by atoms with van der Waals surface area (Å²) in [5.74, 6) is 0.570. The van der Waals surface area contributed by atoms with Crippen LogP contribution in [0.5, 0.6) is 0 Å². The maximum absolute atomic E-state index is 13.0. The number of benzene rings is 2. The van der Waals surface area contributed by atoms with Crippen LogP contribution in [0.1, 0.15) is 41.5 Å². The van der Waals surface area contributed by atoms with E-state index in [9.17, 15) is 18.0 Å². The van der Waals surface area contributed by atoms with Crippen molar-refractivity contribution in [3.05, 3.63) is 71.1 Å².